The van der Waals surface area contributed by atoms with Gasteiger partial charge in [-0.3, -0.25) is 0 Å². The van der Waals surface area contributed by atoms with Crippen molar-refractivity contribution in [3.8, 4) is 0 Å². The molecule has 0 aliphatic carbocycles. The molecule has 2 rings (SSSR count). The lowest BCUT2D eigenvalue weighted by molar-refractivity contribution is 0.0168. The van der Waals surface area contributed by atoms with E-state index in [1.807, 2.05) is 0 Å². The van der Waals surface area contributed by atoms with Crippen molar-refractivity contribution < 1.29 is 9.47 Å². The standard InChI is InChI=1S/C16H26BrN3O2S.HI/c1-2-18-16(20-11-14-6-7-15(17)23-14)19-8-4-9-21-12-13-5-3-10-22-13;/h6-7,13H,2-5,8-12H2,1H3,(H2,18,19,20);1H. The van der Waals surface area contributed by atoms with Crippen LogP contribution in [0.3, 0.4) is 0 Å². The highest BCUT2D eigenvalue weighted by molar-refractivity contribution is 14.0. The molecular weight excluding hydrogens is 505 g/mol. The second-order valence-electron chi connectivity index (χ2n) is 5.39. The van der Waals surface area contributed by atoms with Crippen molar-refractivity contribution in [1.82, 2.24) is 10.6 Å². The van der Waals surface area contributed by atoms with Gasteiger partial charge in [0, 0.05) is 31.2 Å². The summed E-state index contributed by atoms with van der Waals surface area (Å²) in [5.74, 6) is 0.858. The third kappa shape index (κ3) is 8.98. The molecule has 1 aromatic rings. The van der Waals surface area contributed by atoms with Crippen LogP contribution in [0.25, 0.3) is 0 Å². The van der Waals surface area contributed by atoms with E-state index in [2.05, 4.69) is 50.6 Å². The number of aliphatic imine (C=N–C) groups is 1. The van der Waals surface area contributed by atoms with E-state index in [4.69, 9.17) is 9.47 Å². The minimum Gasteiger partial charge on any atom is -0.379 e. The van der Waals surface area contributed by atoms with Crippen LogP contribution in [0.15, 0.2) is 20.9 Å². The van der Waals surface area contributed by atoms with Crippen LogP contribution in [-0.2, 0) is 16.0 Å². The van der Waals surface area contributed by atoms with Crippen LogP contribution < -0.4 is 10.6 Å². The molecular formula is C16H27BrIN3O2S. The molecule has 24 heavy (non-hydrogen) atoms. The molecule has 1 unspecified atom stereocenters. The molecule has 0 aromatic carbocycles. The molecule has 1 aliphatic rings. The Morgan fingerprint density at radius 3 is 3.00 bits per heavy atom. The minimum atomic E-state index is 0. The monoisotopic (exact) mass is 531 g/mol. The Hall–Kier alpha value is 0.1000. The van der Waals surface area contributed by atoms with Gasteiger partial charge in [0.2, 0.25) is 0 Å². The molecule has 1 fully saturated rings. The van der Waals surface area contributed by atoms with E-state index in [1.54, 1.807) is 11.3 Å². The first-order chi connectivity index (χ1) is 11.3. The van der Waals surface area contributed by atoms with Crippen LogP contribution in [0.2, 0.25) is 0 Å². The number of rotatable bonds is 9. The molecule has 0 radical (unpaired) electrons. The highest BCUT2D eigenvalue weighted by atomic mass is 127. The SMILES string of the molecule is CCNC(=NCc1ccc(Br)s1)NCCCOCC1CCCO1.I. The van der Waals surface area contributed by atoms with E-state index in [9.17, 15) is 0 Å². The first kappa shape index (κ1) is 22.1. The summed E-state index contributed by atoms with van der Waals surface area (Å²) < 4.78 is 12.3. The summed E-state index contributed by atoms with van der Waals surface area (Å²) in [5.41, 5.74) is 0. The fourth-order valence-electron chi connectivity index (χ4n) is 2.31. The Morgan fingerprint density at radius 1 is 1.46 bits per heavy atom. The first-order valence-electron chi connectivity index (χ1n) is 8.23. The molecule has 0 spiro atoms. The minimum absolute atomic E-state index is 0. The van der Waals surface area contributed by atoms with Crippen LogP contribution >= 0.6 is 51.2 Å². The molecule has 5 nitrogen and oxygen atoms in total. The van der Waals surface area contributed by atoms with Crippen molar-refractivity contribution in [2.75, 3.05) is 32.9 Å². The van der Waals surface area contributed by atoms with Crippen LogP contribution in [0.4, 0.5) is 0 Å². The number of guanidine groups is 1. The number of hydrogen-bond acceptors (Lipinski definition) is 4. The highest BCUT2D eigenvalue weighted by Gasteiger charge is 2.14. The Labute approximate surface area is 174 Å². The summed E-state index contributed by atoms with van der Waals surface area (Å²) in [7, 11) is 0. The smallest absolute Gasteiger partial charge is 0.191 e. The fraction of sp³-hybridized carbons (Fsp3) is 0.688. The molecule has 2 N–H and O–H groups in total. The third-order valence-corrected chi connectivity index (χ3v) is 5.06. The maximum absolute atomic E-state index is 5.66. The number of thiophene rings is 1. The zero-order chi connectivity index (χ0) is 16.3. The van der Waals surface area contributed by atoms with Gasteiger partial charge in [-0.05, 0) is 54.2 Å². The lowest BCUT2D eigenvalue weighted by Crippen LogP contribution is -2.38. The molecule has 138 valence electrons. The lowest BCUT2D eigenvalue weighted by Gasteiger charge is -2.12. The molecule has 1 atom stereocenters. The number of nitrogens with one attached hydrogen (secondary N) is 2. The average Bonchev–Trinajstić information content (AvgIpc) is 3.19. The van der Waals surface area contributed by atoms with Crippen LogP contribution in [0, 0.1) is 0 Å². The van der Waals surface area contributed by atoms with Gasteiger partial charge in [-0.2, -0.15) is 0 Å². The van der Waals surface area contributed by atoms with E-state index in [0.717, 1.165) is 55.5 Å². The summed E-state index contributed by atoms with van der Waals surface area (Å²) in [6, 6.07) is 4.15. The van der Waals surface area contributed by atoms with Gasteiger partial charge in [-0.1, -0.05) is 0 Å². The molecule has 8 heteroatoms. The molecule has 1 aromatic heterocycles. The van der Waals surface area contributed by atoms with Crippen LogP contribution in [0.1, 0.15) is 31.1 Å². The number of halogens is 2. The highest BCUT2D eigenvalue weighted by Crippen LogP contribution is 2.22. The van der Waals surface area contributed by atoms with Gasteiger partial charge in [0.1, 0.15) is 0 Å². The first-order valence-corrected chi connectivity index (χ1v) is 9.84. The van der Waals surface area contributed by atoms with Crippen molar-refractivity contribution in [3.05, 3.63) is 20.8 Å². The largest absolute Gasteiger partial charge is 0.379 e. The second kappa shape index (κ2) is 13.3. The maximum atomic E-state index is 5.66. The van der Waals surface area contributed by atoms with Crippen molar-refractivity contribution in [3.63, 3.8) is 0 Å². The predicted octanol–water partition coefficient (Wildman–Crippen LogP) is 3.77. The van der Waals surface area contributed by atoms with Gasteiger partial charge in [-0.25, -0.2) is 4.99 Å². The van der Waals surface area contributed by atoms with E-state index >= 15 is 0 Å². The number of nitrogens with zero attached hydrogens (tertiary/aromatic N) is 1. The summed E-state index contributed by atoms with van der Waals surface area (Å²) in [6.45, 7) is 6.84. The number of hydrogen-bond donors (Lipinski definition) is 2. The summed E-state index contributed by atoms with van der Waals surface area (Å²) in [4.78, 5) is 5.85. The van der Waals surface area contributed by atoms with Gasteiger partial charge < -0.3 is 20.1 Å². The Balaban J connectivity index is 0.00000288. The summed E-state index contributed by atoms with van der Waals surface area (Å²) in [5, 5.41) is 6.61. The van der Waals surface area contributed by atoms with Gasteiger partial charge in [0.05, 0.1) is 23.0 Å². The normalized spacial score (nSPS) is 17.6. The molecule has 0 amide bonds. The van der Waals surface area contributed by atoms with Gasteiger partial charge in [0.25, 0.3) is 0 Å². The zero-order valence-corrected chi connectivity index (χ0v) is 18.8. The molecule has 0 saturated carbocycles. The van der Waals surface area contributed by atoms with Crippen molar-refractivity contribution in [2.24, 2.45) is 4.99 Å². The number of ether oxygens (including phenoxy) is 2. The van der Waals surface area contributed by atoms with Crippen LogP contribution in [-0.4, -0.2) is 45.0 Å². The Bertz CT molecular complexity index is 482. The Kier molecular flexibility index (Phi) is 12.3. The lowest BCUT2D eigenvalue weighted by atomic mass is 10.2. The quantitative estimate of drug-likeness (QED) is 0.220. The third-order valence-electron chi connectivity index (χ3n) is 3.45. The Morgan fingerprint density at radius 2 is 2.33 bits per heavy atom. The van der Waals surface area contributed by atoms with Gasteiger partial charge in [0.15, 0.2) is 5.96 Å². The predicted molar refractivity (Wildman–Crippen MR) is 115 cm³/mol. The summed E-state index contributed by atoms with van der Waals surface area (Å²) >= 11 is 5.19. The van der Waals surface area contributed by atoms with Crippen molar-refractivity contribution in [1.29, 1.82) is 0 Å². The van der Waals surface area contributed by atoms with Gasteiger partial charge >= 0.3 is 0 Å². The molecule has 2 heterocycles. The maximum Gasteiger partial charge on any atom is 0.191 e. The fourth-order valence-corrected chi connectivity index (χ4v) is 3.71. The van der Waals surface area contributed by atoms with Gasteiger partial charge in [-0.15, -0.1) is 35.3 Å². The zero-order valence-electron chi connectivity index (χ0n) is 14.1. The van der Waals surface area contributed by atoms with E-state index in [1.165, 1.54) is 11.3 Å². The average molecular weight is 532 g/mol. The van der Waals surface area contributed by atoms with Crippen LogP contribution in [0.5, 0.6) is 0 Å². The van der Waals surface area contributed by atoms with E-state index in [0.29, 0.717) is 12.6 Å². The van der Waals surface area contributed by atoms with E-state index < -0.39 is 0 Å². The van der Waals surface area contributed by atoms with E-state index in [-0.39, 0.29) is 24.0 Å². The topological polar surface area (TPSA) is 54.9 Å². The second-order valence-corrected chi connectivity index (χ2v) is 7.94. The summed E-state index contributed by atoms with van der Waals surface area (Å²) in [6.07, 6.45) is 3.57. The molecule has 0 bridgehead atoms. The van der Waals surface area contributed by atoms with Crippen molar-refractivity contribution >= 4 is 57.2 Å². The molecule has 1 saturated heterocycles. The van der Waals surface area contributed by atoms with Crippen molar-refractivity contribution in [2.45, 2.75) is 38.8 Å². The molecule has 1 aliphatic heterocycles.